The van der Waals surface area contributed by atoms with Crippen molar-refractivity contribution >= 4 is 97.1 Å². The van der Waals surface area contributed by atoms with Crippen LogP contribution in [0.5, 0.6) is 0 Å². The minimum absolute atomic E-state index is 0.659. The van der Waals surface area contributed by atoms with E-state index < -0.39 is 0 Å². The summed E-state index contributed by atoms with van der Waals surface area (Å²) in [5, 5.41) is 10.1. The van der Waals surface area contributed by atoms with Crippen molar-refractivity contribution in [2.45, 2.75) is 0 Å². The van der Waals surface area contributed by atoms with Crippen LogP contribution in [0.25, 0.3) is 131 Å². The number of benzene rings is 9. The number of hydrogen-bond donors (Lipinski definition) is 0. The third kappa shape index (κ3) is 4.95. The molecule has 0 saturated carbocycles. The van der Waals surface area contributed by atoms with Crippen molar-refractivity contribution in [3.8, 4) is 44.9 Å². The van der Waals surface area contributed by atoms with E-state index >= 15 is 0 Å². The van der Waals surface area contributed by atoms with Gasteiger partial charge < -0.3 is 8.83 Å². The van der Waals surface area contributed by atoms with Crippen LogP contribution in [0.1, 0.15) is 0 Å². The molecule has 0 fully saturated rings. The molecule has 4 aromatic heterocycles. The standard InChI is InChI=1S/C54H30N2O2S/c1-2-12-35-30-47-44(28-34(35)11-1)49-42(26-25-39(52(49)58-47)33-22-20-32(21-23-33)38-17-9-13-31-10-3-4-14-37(31)38)54-55-50(53-51(56-54)41-16-6-8-19-48(41)59-53)36-24-27-46-43(29-36)40-15-5-7-18-45(40)57-46/h1-30H. The van der Waals surface area contributed by atoms with Crippen LogP contribution >= 0.6 is 11.3 Å². The first kappa shape index (κ1) is 32.5. The van der Waals surface area contributed by atoms with Crippen LogP contribution in [0.4, 0.5) is 0 Å². The number of hydrogen-bond acceptors (Lipinski definition) is 5. The highest BCUT2D eigenvalue weighted by Gasteiger charge is 2.23. The lowest BCUT2D eigenvalue weighted by molar-refractivity contribution is 0.669. The van der Waals surface area contributed by atoms with Crippen molar-refractivity contribution in [2.75, 3.05) is 0 Å². The van der Waals surface area contributed by atoms with E-state index in [2.05, 4.69) is 170 Å². The second-order valence-corrected chi connectivity index (χ2v) is 16.3. The molecular weight excluding hydrogens is 741 g/mol. The minimum Gasteiger partial charge on any atom is -0.456 e. The van der Waals surface area contributed by atoms with Crippen molar-refractivity contribution in [3.05, 3.63) is 182 Å². The number of fused-ring (bicyclic) bond motifs is 11. The highest BCUT2D eigenvalue weighted by atomic mass is 32.1. The fourth-order valence-corrected chi connectivity index (χ4v) is 10.2. The van der Waals surface area contributed by atoms with E-state index in [1.165, 1.54) is 26.6 Å². The molecule has 5 heteroatoms. The quantitative estimate of drug-likeness (QED) is 0.179. The summed E-state index contributed by atoms with van der Waals surface area (Å²) < 4.78 is 15.4. The molecule has 4 nitrogen and oxygen atoms in total. The number of rotatable bonds is 4. The van der Waals surface area contributed by atoms with E-state index in [0.717, 1.165) is 98.2 Å². The molecule has 9 aromatic carbocycles. The second kappa shape index (κ2) is 12.4. The molecule has 59 heavy (non-hydrogen) atoms. The number of nitrogens with zero attached hydrogens (tertiary/aromatic N) is 2. The Bertz CT molecular complexity index is 3850. The number of thiophene rings is 1. The molecule has 0 radical (unpaired) electrons. The van der Waals surface area contributed by atoms with Gasteiger partial charge in [0.15, 0.2) is 5.82 Å². The molecular formula is C54H30N2O2S. The zero-order valence-corrected chi connectivity index (χ0v) is 32.3. The average molecular weight is 771 g/mol. The zero-order valence-electron chi connectivity index (χ0n) is 31.4. The Morgan fingerprint density at radius 3 is 1.92 bits per heavy atom. The van der Waals surface area contributed by atoms with Crippen molar-refractivity contribution < 1.29 is 8.83 Å². The van der Waals surface area contributed by atoms with Gasteiger partial charge in [0.1, 0.15) is 22.3 Å². The summed E-state index contributed by atoms with van der Waals surface area (Å²) in [6.07, 6.45) is 0. The maximum atomic E-state index is 6.95. The lowest BCUT2D eigenvalue weighted by Crippen LogP contribution is -1.95. The molecule has 0 aliphatic heterocycles. The van der Waals surface area contributed by atoms with Gasteiger partial charge in [-0.25, -0.2) is 9.97 Å². The number of aromatic nitrogens is 2. The lowest BCUT2D eigenvalue weighted by atomic mass is 9.94. The van der Waals surface area contributed by atoms with E-state index in [9.17, 15) is 0 Å². The maximum absolute atomic E-state index is 6.95. The largest absolute Gasteiger partial charge is 0.456 e. The molecule has 0 N–H and O–H groups in total. The van der Waals surface area contributed by atoms with Gasteiger partial charge in [-0.1, -0.05) is 127 Å². The molecule has 0 atom stereocenters. The predicted molar refractivity (Wildman–Crippen MR) is 246 cm³/mol. The molecule has 0 saturated heterocycles. The van der Waals surface area contributed by atoms with Gasteiger partial charge in [0.25, 0.3) is 0 Å². The van der Waals surface area contributed by atoms with Crippen molar-refractivity contribution in [2.24, 2.45) is 0 Å². The summed E-state index contributed by atoms with van der Waals surface area (Å²) >= 11 is 1.74. The summed E-state index contributed by atoms with van der Waals surface area (Å²) in [7, 11) is 0. The smallest absolute Gasteiger partial charge is 0.161 e. The van der Waals surface area contributed by atoms with Crippen LogP contribution in [0.2, 0.25) is 0 Å². The minimum atomic E-state index is 0.659. The van der Waals surface area contributed by atoms with Crippen LogP contribution < -0.4 is 0 Å². The van der Waals surface area contributed by atoms with E-state index in [1.807, 2.05) is 12.1 Å². The third-order valence-corrected chi connectivity index (χ3v) is 13.1. The summed E-state index contributed by atoms with van der Waals surface area (Å²) in [5.41, 5.74) is 11.7. The van der Waals surface area contributed by atoms with Gasteiger partial charge in [0.05, 0.1) is 15.9 Å². The third-order valence-electron chi connectivity index (χ3n) is 11.9. The zero-order chi connectivity index (χ0) is 38.6. The van der Waals surface area contributed by atoms with E-state index in [-0.39, 0.29) is 0 Å². The lowest BCUT2D eigenvalue weighted by Gasteiger charge is -2.11. The average Bonchev–Trinajstić information content (AvgIpc) is 3.99. The number of para-hydroxylation sites is 1. The summed E-state index contributed by atoms with van der Waals surface area (Å²) in [5.74, 6) is 0.659. The first-order chi connectivity index (χ1) is 29.2. The topological polar surface area (TPSA) is 52.1 Å². The highest BCUT2D eigenvalue weighted by molar-refractivity contribution is 7.26. The normalized spacial score (nSPS) is 12.1. The van der Waals surface area contributed by atoms with Crippen LogP contribution in [-0.4, -0.2) is 9.97 Å². The molecule has 0 bridgehead atoms. The maximum Gasteiger partial charge on any atom is 0.161 e. The van der Waals surface area contributed by atoms with Gasteiger partial charge in [-0.05, 0) is 92.8 Å². The predicted octanol–water partition coefficient (Wildman–Crippen LogP) is 15.6. The fourth-order valence-electron chi connectivity index (χ4n) is 9.07. The molecule has 274 valence electrons. The first-order valence-corrected chi connectivity index (χ1v) is 20.6. The first-order valence-electron chi connectivity index (χ1n) is 19.8. The van der Waals surface area contributed by atoms with Crippen LogP contribution in [0.3, 0.4) is 0 Å². The van der Waals surface area contributed by atoms with Gasteiger partial charge in [-0.2, -0.15) is 0 Å². The Balaban J connectivity index is 1.06. The molecule has 13 aromatic rings. The van der Waals surface area contributed by atoms with Crippen molar-refractivity contribution in [3.63, 3.8) is 0 Å². The molecule has 0 amide bonds. The SMILES string of the molecule is c1ccc2cc3c(cc2c1)oc1c(-c2ccc(-c4cccc5ccccc45)cc2)ccc(-c2nc(-c4ccc5oc6ccccc6c5c4)c4sc5ccccc5c4n2)c13. The molecule has 0 aliphatic rings. The molecule has 0 aliphatic carbocycles. The van der Waals surface area contributed by atoms with Gasteiger partial charge in [-0.3, -0.25) is 0 Å². The van der Waals surface area contributed by atoms with Gasteiger partial charge in [-0.15, -0.1) is 11.3 Å². The Morgan fingerprint density at radius 2 is 1.05 bits per heavy atom. The fraction of sp³-hybridized carbons (Fsp3) is 0. The second-order valence-electron chi connectivity index (χ2n) is 15.2. The Labute approximate surface area is 341 Å². The monoisotopic (exact) mass is 770 g/mol. The van der Waals surface area contributed by atoms with Crippen molar-refractivity contribution in [1.82, 2.24) is 9.97 Å². The van der Waals surface area contributed by atoms with Gasteiger partial charge in [0.2, 0.25) is 0 Å². The van der Waals surface area contributed by atoms with E-state index in [0.29, 0.717) is 5.82 Å². The van der Waals surface area contributed by atoms with E-state index in [4.69, 9.17) is 18.8 Å². The highest BCUT2D eigenvalue weighted by Crippen LogP contribution is 2.46. The summed E-state index contributed by atoms with van der Waals surface area (Å²) in [6.45, 7) is 0. The van der Waals surface area contributed by atoms with Crippen LogP contribution in [0, 0.1) is 0 Å². The van der Waals surface area contributed by atoms with Crippen LogP contribution in [0.15, 0.2) is 191 Å². The summed E-state index contributed by atoms with van der Waals surface area (Å²) in [6, 6.07) is 64.3. The van der Waals surface area contributed by atoms with Gasteiger partial charge in [0, 0.05) is 48.3 Å². The summed E-state index contributed by atoms with van der Waals surface area (Å²) in [4.78, 5) is 10.9. The van der Waals surface area contributed by atoms with E-state index in [1.54, 1.807) is 11.3 Å². The Morgan fingerprint density at radius 1 is 0.390 bits per heavy atom. The van der Waals surface area contributed by atoms with Crippen molar-refractivity contribution in [1.29, 1.82) is 0 Å². The molecule has 4 heterocycles. The Hall–Kier alpha value is -7.60. The molecule has 13 rings (SSSR count). The molecule has 0 unspecified atom stereocenters. The number of furan rings is 2. The van der Waals surface area contributed by atoms with Crippen LogP contribution in [-0.2, 0) is 0 Å². The van der Waals surface area contributed by atoms with Gasteiger partial charge >= 0.3 is 0 Å². The Kier molecular flexibility index (Phi) is 6.85. The molecule has 0 spiro atoms.